The third-order valence-corrected chi connectivity index (χ3v) is 2.71. The van der Waals surface area contributed by atoms with E-state index in [0.29, 0.717) is 0 Å². The molecule has 2 heteroatoms. The van der Waals surface area contributed by atoms with Gasteiger partial charge in [0.15, 0.2) is 0 Å². The van der Waals surface area contributed by atoms with Crippen molar-refractivity contribution in [2.75, 3.05) is 11.9 Å². The van der Waals surface area contributed by atoms with E-state index in [0.717, 1.165) is 11.0 Å². The van der Waals surface area contributed by atoms with Crippen LogP contribution in [-0.2, 0) is 0 Å². The van der Waals surface area contributed by atoms with Gasteiger partial charge in [-0.2, -0.15) is 0 Å². The lowest BCUT2D eigenvalue weighted by Gasteiger charge is -2.10. The van der Waals surface area contributed by atoms with E-state index in [2.05, 4.69) is 53.3 Å². The molecule has 0 radical (unpaired) electrons. The number of para-hydroxylation sites is 1. The number of nitrogens with one attached hydrogen (secondary N) is 1. The molecule has 1 nitrogen and oxygen atoms in total. The van der Waals surface area contributed by atoms with E-state index in [1.54, 1.807) is 0 Å². The van der Waals surface area contributed by atoms with E-state index in [4.69, 9.17) is 0 Å². The van der Waals surface area contributed by atoms with Crippen molar-refractivity contribution in [3.8, 4) is 0 Å². The van der Waals surface area contributed by atoms with Crippen LogP contribution in [0.1, 0.15) is 25.3 Å². The van der Waals surface area contributed by atoms with Crippen molar-refractivity contribution in [2.45, 2.75) is 26.7 Å². The highest BCUT2D eigenvalue weighted by Crippen LogP contribution is 2.25. The molecule has 0 heterocycles. The van der Waals surface area contributed by atoms with Crippen LogP contribution in [0.3, 0.4) is 0 Å². The molecule has 0 aliphatic carbocycles. The Kier molecular flexibility index (Phi) is 4.29. The molecule has 0 fully saturated rings. The molecule has 72 valence electrons. The lowest BCUT2D eigenvalue weighted by molar-refractivity contribution is 0.833. The van der Waals surface area contributed by atoms with Gasteiger partial charge >= 0.3 is 0 Å². The second-order valence-corrected chi connectivity index (χ2v) is 4.07. The number of hydrogen-bond donors (Lipinski definition) is 1. The van der Waals surface area contributed by atoms with Crippen LogP contribution in [0, 0.1) is 6.92 Å². The Labute approximate surface area is 88.7 Å². The van der Waals surface area contributed by atoms with E-state index in [1.165, 1.54) is 24.1 Å². The molecule has 0 bridgehead atoms. The maximum atomic E-state index is 3.54. The SMILES string of the molecule is CCCCNc1c(C)cccc1Br. The van der Waals surface area contributed by atoms with Crippen molar-refractivity contribution < 1.29 is 0 Å². The Hall–Kier alpha value is -0.500. The minimum atomic E-state index is 1.06. The number of benzene rings is 1. The summed E-state index contributed by atoms with van der Waals surface area (Å²) >= 11 is 3.54. The quantitative estimate of drug-likeness (QED) is 0.787. The average Bonchev–Trinajstić information content (AvgIpc) is 2.10. The molecule has 0 spiro atoms. The van der Waals surface area contributed by atoms with Crippen LogP contribution in [0.25, 0.3) is 0 Å². The average molecular weight is 242 g/mol. The fourth-order valence-electron chi connectivity index (χ4n) is 1.25. The normalized spacial score (nSPS) is 10.1. The molecule has 0 saturated heterocycles. The highest BCUT2D eigenvalue weighted by Gasteiger charge is 2.00. The van der Waals surface area contributed by atoms with Crippen LogP contribution in [0.4, 0.5) is 5.69 Å². The third-order valence-electron chi connectivity index (χ3n) is 2.05. The molecule has 0 saturated carbocycles. The van der Waals surface area contributed by atoms with E-state index in [1.807, 2.05) is 0 Å². The van der Waals surface area contributed by atoms with Gasteiger partial charge in [0, 0.05) is 11.0 Å². The van der Waals surface area contributed by atoms with Gasteiger partial charge in [-0.05, 0) is 40.9 Å². The van der Waals surface area contributed by atoms with Crippen LogP contribution in [-0.4, -0.2) is 6.54 Å². The van der Waals surface area contributed by atoms with Crippen molar-refractivity contribution in [2.24, 2.45) is 0 Å². The second kappa shape index (κ2) is 5.28. The van der Waals surface area contributed by atoms with Crippen molar-refractivity contribution in [3.05, 3.63) is 28.2 Å². The molecule has 1 aromatic rings. The summed E-state index contributed by atoms with van der Waals surface area (Å²) in [5.41, 5.74) is 2.53. The fraction of sp³-hybridized carbons (Fsp3) is 0.455. The molecule has 1 N–H and O–H groups in total. The predicted molar refractivity (Wildman–Crippen MR) is 62.3 cm³/mol. The topological polar surface area (TPSA) is 12.0 Å². The smallest absolute Gasteiger partial charge is 0.0514 e. The zero-order valence-electron chi connectivity index (χ0n) is 8.23. The zero-order chi connectivity index (χ0) is 9.68. The minimum Gasteiger partial charge on any atom is -0.384 e. The first-order valence-corrected chi connectivity index (χ1v) is 5.54. The van der Waals surface area contributed by atoms with Gasteiger partial charge in [0.05, 0.1) is 5.69 Å². The molecule has 0 aliphatic rings. The Bertz CT molecular complexity index is 251. The van der Waals surface area contributed by atoms with Crippen molar-refractivity contribution in [1.82, 2.24) is 0 Å². The number of unbranched alkanes of at least 4 members (excludes halogenated alkanes) is 1. The van der Waals surface area contributed by atoms with Crippen LogP contribution >= 0.6 is 15.9 Å². The van der Waals surface area contributed by atoms with Gasteiger partial charge in [-0.25, -0.2) is 0 Å². The maximum Gasteiger partial charge on any atom is 0.0514 e. The number of rotatable bonds is 4. The molecule has 13 heavy (non-hydrogen) atoms. The van der Waals surface area contributed by atoms with Gasteiger partial charge in [-0.1, -0.05) is 25.5 Å². The predicted octanol–water partition coefficient (Wildman–Crippen LogP) is 3.97. The summed E-state index contributed by atoms with van der Waals surface area (Å²) in [6.07, 6.45) is 2.46. The first-order valence-electron chi connectivity index (χ1n) is 4.74. The second-order valence-electron chi connectivity index (χ2n) is 3.21. The van der Waals surface area contributed by atoms with Gasteiger partial charge in [0.25, 0.3) is 0 Å². The highest BCUT2D eigenvalue weighted by atomic mass is 79.9. The monoisotopic (exact) mass is 241 g/mol. The summed E-state index contributed by atoms with van der Waals surface area (Å²) < 4.78 is 1.16. The molecule has 0 aliphatic heterocycles. The van der Waals surface area contributed by atoms with Crippen LogP contribution in [0.15, 0.2) is 22.7 Å². The molecule has 0 atom stereocenters. The summed E-state index contributed by atoms with van der Waals surface area (Å²) in [7, 11) is 0. The van der Waals surface area contributed by atoms with Crippen LogP contribution in [0.5, 0.6) is 0 Å². The summed E-state index contributed by atoms with van der Waals surface area (Å²) in [4.78, 5) is 0. The lowest BCUT2D eigenvalue weighted by Crippen LogP contribution is -2.02. The van der Waals surface area contributed by atoms with E-state index in [-0.39, 0.29) is 0 Å². The van der Waals surface area contributed by atoms with Gasteiger partial charge in [0.1, 0.15) is 0 Å². The van der Waals surface area contributed by atoms with Gasteiger partial charge in [-0.3, -0.25) is 0 Å². The Morgan fingerprint density at radius 1 is 1.38 bits per heavy atom. The van der Waals surface area contributed by atoms with Gasteiger partial charge in [0.2, 0.25) is 0 Å². The Morgan fingerprint density at radius 3 is 2.77 bits per heavy atom. The van der Waals surface area contributed by atoms with E-state index < -0.39 is 0 Å². The minimum absolute atomic E-state index is 1.06. The summed E-state index contributed by atoms with van der Waals surface area (Å²) in [5, 5.41) is 3.44. The summed E-state index contributed by atoms with van der Waals surface area (Å²) in [6.45, 7) is 5.38. The molecule has 0 unspecified atom stereocenters. The largest absolute Gasteiger partial charge is 0.384 e. The standard InChI is InChI=1S/C11H16BrN/c1-3-4-8-13-11-9(2)6-5-7-10(11)12/h5-7,13H,3-4,8H2,1-2H3. The number of anilines is 1. The Morgan fingerprint density at radius 2 is 2.15 bits per heavy atom. The molecule has 0 amide bonds. The number of hydrogen-bond acceptors (Lipinski definition) is 1. The van der Waals surface area contributed by atoms with E-state index >= 15 is 0 Å². The van der Waals surface area contributed by atoms with Crippen molar-refractivity contribution >= 4 is 21.6 Å². The zero-order valence-corrected chi connectivity index (χ0v) is 9.82. The molecule has 1 aromatic carbocycles. The number of aryl methyl sites for hydroxylation is 1. The maximum absolute atomic E-state index is 3.54. The van der Waals surface area contributed by atoms with Crippen LogP contribution in [0.2, 0.25) is 0 Å². The molecular formula is C11H16BrN. The summed E-state index contributed by atoms with van der Waals surface area (Å²) in [5.74, 6) is 0. The molecule has 0 aromatic heterocycles. The highest BCUT2D eigenvalue weighted by molar-refractivity contribution is 9.10. The van der Waals surface area contributed by atoms with Gasteiger partial charge in [-0.15, -0.1) is 0 Å². The van der Waals surface area contributed by atoms with Crippen LogP contribution < -0.4 is 5.32 Å². The summed E-state index contributed by atoms with van der Waals surface area (Å²) in [6, 6.07) is 6.25. The van der Waals surface area contributed by atoms with Gasteiger partial charge < -0.3 is 5.32 Å². The Balaban J connectivity index is 2.64. The van der Waals surface area contributed by atoms with E-state index in [9.17, 15) is 0 Å². The third kappa shape index (κ3) is 3.03. The molecule has 1 rings (SSSR count). The van der Waals surface area contributed by atoms with Crippen molar-refractivity contribution in [3.63, 3.8) is 0 Å². The fourth-order valence-corrected chi connectivity index (χ4v) is 1.85. The first-order chi connectivity index (χ1) is 6.25. The lowest BCUT2D eigenvalue weighted by atomic mass is 10.2. The molecular weight excluding hydrogens is 226 g/mol. The van der Waals surface area contributed by atoms with Crippen molar-refractivity contribution in [1.29, 1.82) is 0 Å². The number of halogens is 1. The first kappa shape index (κ1) is 10.6.